The average Bonchev–Trinajstić information content (AvgIpc) is 3.16. The number of rotatable bonds is 12. The van der Waals surface area contributed by atoms with Crippen molar-refractivity contribution in [1.29, 1.82) is 0 Å². The number of carbonyl (C=O) groups excluding carboxylic acids is 3. The minimum absolute atomic E-state index is 0.0477. The van der Waals surface area contributed by atoms with E-state index in [1.54, 1.807) is 0 Å². The van der Waals surface area contributed by atoms with Crippen molar-refractivity contribution in [2.75, 3.05) is 13.2 Å². The maximum atomic E-state index is 13.6. The fourth-order valence-electron chi connectivity index (χ4n) is 6.23. The second-order valence-corrected chi connectivity index (χ2v) is 13.1. The van der Waals surface area contributed by atoms with E-state index in [0.717, 1.165) is 40.8 Å². The number of hydrogen-bond donors (Lipinski definition) is 3. The second kappa shape index (κ2) is 19.8. The van der Waals surface area contributed by atoms with Crippen LogP contribution in [-0.4, -0.2) is 42.1 Å². The first-order valence-electron chi connectivity index (χ1n) is 17.8. The van der Waals surface area contributed by atoms with E-state index in [2.05, 4.69) is 10.6 Å². The van der Waals surface area contributed by atoms with Gasteiger partial charge >= 0.3 is 5.97 Å². The highest BCUT2D eigenvalue weighted by Gasteiger charge is 2.28. The summed E-state index contributed by atoms with van der Waals surface area (Å²) in [6.07, 6.45) is 6.83. The third kappa shape index (κ3) is 12.3. The molecule has 0 bridgehead atoms. The second-order valence-electron chi connectivity index (χ2n) is 13.1. The molecule has 4 aromatic carbocycles. The maximum Gasteiger partial charge on any atom is 0.309 e. The van der Waals surface area contributed by atoms with Crippen molar-refractivity contribution in [3.05, 3.63) is 150 Å². The summed E-state index contributed by atoms with van der Waals surface area (Å²) in [6.45, 7) is 0.301. The number of amides is 2. The van der Waals surface area contributed by atoms with E-state index in [1.807, 2.05) is 127 Å². The zero-order valence-electron chi connectivity index (χ0n) is 29.0. The number of allylic oxidation sites excluding steroid dienone is 2. The highest BCUT2D eigenvalue weighted by Crippen LogP contribution is 2.24. The van der Waals surface area contributed by atoms with Crippen molar-refractivity contribution in [2.24, 2.45) is 11.8 Å². The Morgan fingerprint density at radius 2 is 1.49 bits per heavy atom. The molecule has 5 rings (SSSR count). The van der Waals surface area contributed by atoms with Gasteiger partial charge in [0, 0.05) is 6.42 Å². The molecule has 8 nitrogen and oxygen atoms in total. The molecular formula is C43H48N2O6. The Morgan fingerprint density at radius 3 is 2.18 bits per heavy atom. The number of hydrogen-bond acceptors (Lipinski definition) is 6. The fraction of sp³-hybridized carbons (Fsp3) is 0.326. The summed E-state index contributed by atoms with van der Waals surface area (Å²) < 4.78 is 12.0. The lowest BCUT2D eigenvalue weighted by molar-refractivity contribution is -0.155. The highest BCUT2D eigenvalue weighted by molar-refractivity contribution is 5.86. The van der Waals surface area contributed by atoms with E-state index in [1.165, 1.54) is 0 Å². The lowest BCUT2D eigenvalue weighted by Gasteiger charge is -2.24. The summed E-state index contributed by atoms with van der Waals surface area (Å²) in [7, 11) is 0. The predicted molar refractivity (Wildman–Crippen MR) is 198 cm³/mol. The summed E-state index contributed by atoms with van der Waals surface area (Å²) in [6, 6.07) is 36.4. The Morgan fingerprint density at radius 1 is 0.824 bits per heavy atom. The molecule has 1 aliphatic rings. The number of esters is 1. The number of ether oxygens (including phenoxy) is 2. The zero-order chi connectivity index (χ0) is 35.7. The van der Waals surface area contributed by atoms with Gasteiger partial charge in [0.2, 0.25) is 11.8 Å². The van der Waals surface area contributed by atoms with Gasteiger partial charge < -0.3 is 25.2 Å². The Hall–Kier alpha value is -5.21. The van der Waals surface area contributed by atoms with E-state index in [4.69, 9.17) is 9.47 Å². The number of aliphatic hydroxyl groups excluding tert-OH is 1. The van der Waals surface area contributed by atoms with Gasteiger partial charge in [-0.1, -0.05) is 115 Å². The minimum Gasteiger partial charge on any atom is -0.489 e. The van der Waals surface area contributed by atoms with Crippen LogP contribution in [0.5, 0.6) is 5.75 Å². The van der Waals surface area contributed by atoms with Crippen LogP contribution in [0.15, 0.2) is 127 Å². The Balaban J connectivity index is 1.20. The molecule has 266 valence electrons. The molecule has 51 heavy (non-hydrogen) atoms. The Kier molecular flexibility index (Phi) is 14.4. The fourth-order valence-corrected chi connectivity index (χ4v) is 6.23. The molecular weight excluding hydrogens is 640 g/mol. The topological polar surface area (TPSA) is 114 Å². The Bertz CT molecular complexity index is 1680. The van der Waals surface area contributed by atoms with Gasteiger partial charge in [-0.25, -0.2) is 0 Å². The predicted octanol–water partition coefficient (Wildman–Crippen LogP) is 6.68. The van der Waals surface area contributed by atoms with E-state index in [9.17, 15) is 19.5 Å². The van der Waals surface area contributed by atoms with Gasteiger partial charge in [-0.3, -0.25) is 14.4 Å². The molecule has 0 radical (unpaired) electrons. The SMILES string of the molecule is O=C(C[C@H]1CC=CCCC[C@H](Cc2ccccc2)C(=O)O[C@H](c2ccccc2)CNC1=O)N[C@H](CO)Cc1ccc(OCc2ccccc2)cc1. The van der Waals surface area contributed by atoms with Crippen molar-refractivity contribution in [3.8, 4) is 5.75 Å². The molecule has 0 fully saturated rings. The molecule has 4 aromatic rings. The minimum atomic E-state index is -0.678. The molecule has 0 saturated heterocycles. The third-order valence-electron chi connectivity index (χ3n) is 9.10. The smallest absolute Gasteiger partial charge is 0.309 e. The van der Waals surface area contributed by atoms with E-state index >= 15 is 0 Å². The van der Waals surface area contributed by atoms with Crippen LogP contribution in [0.4, 0.5) is 0 Å². The molecule has 1 heterocycles. The molecule has 4 atom stereocenters. The van der Waals surface area contributed by atoms with Crippen molar-refractivity contribution < 1.29 is 29.0 Å². The number of nitrogens with one attached hydrogen (secondary N) is 2. The van der Waals surface area contributed by atoms with Crippen molar-refractivity contribution in [2.45, 2.75) is 63.7 Å². The van der Waals surface area contributed by atoms with E-state index in [-0.39, 0.29) is 43.3 Å². The summed E-state index contributed by atoms with van der Waals surface area (Å²) in [5, 5.41) is 16.0. The lowest BCUT2D eigenvalue weighted by Crippen LogP contribution is -2.42. The monoisotopic (exact) mass is 688 g/mol. The molecule has 3 N–H and O–H groups in total. The van der Waals surface area contributed by atoms with Crippen LogP contribution >= 0.6 is 0 Å². The van der Waals surface area contributed by atoms with Crippen LogP contribution in [0.3, 0.4) is 0 Å². The van der Waals surface area contributed by atoms with Gasteiger partial charge in [0.1, 0.15) is 18.5 Å². The highest BCUT2D eigenvalue weighted by atomic mass is 16.5. The van der Waals surface area contributed by atoms with Crippen LogP contribution in [0, 0.1) is 11.8 Å². The van der Waals surface area contributed by atoms with E-state index in [0.29, 0.717) is 32.3 Å². The van der Waals surface area contributed by atoms with Crippen LogP contribution in [0.1, 0.15) is 60.5 Å². The number of aliphatic hydroxyl groups is 1. The molecule has 0 spiro atoms. The van der Waals surface area contributed by atoms with Crippen LogP contribution < -0.4 is 15.4 Å². The first kappa shape index (κ1) is 37.1. The average molecular weight is 689 g/mol. The molecule has 8 heteroatoms. The van der Waals surface area contributed by atoms with Crippen LogP contribution in [0.2, 0.25) is 0 Å². The molecule has 1 aliphatic heterocycles. The molecule has 0 unspecified atom stereocenters. The van der Waals surface area contributed by atoms with Gasteiger partial charge in [-0.05, 0) is 72.9 Å². The van der Waals surface area contributed by atoms with Gasteiger partial charge in [-0.2, -0.15) is 0 Å². The normalized spacial score (nSPS) is 19.2. The molecule has 0 aromatic heterocycles. The standard InChI is InChI=1S/C43H48N2O6/c46-30-38(27-33-22-24-39(25-23-33)50-31-34-16-8-4-9-17-34)45-41(47)28-36-20-10-1-2-11-21-37(26-32-14-6-3-7-15-32)43(49)51-40(29-44-42(36)48)35-18-12-5-13-19-35/h1,3-10,12-19,22-25,36-38,40,46H,2,11,20-21,26-31H2,(H,44,48)(H,45,47)/t36-,37-,38+,40+/m1/s1. The van der Waals surface area contributed by atoms with Gasteiger partial charge in [-0.15, -0.1) is 0 Å². The van der Waals surface area contributed by atoms with Crippen molar-refractivity contribution in [3.63, 3.8) is 0 Å². The van der Waals surface area contributed by atoms with Gasteiger partial charge in [0.05, 0.1) is 31.0 Å². The molecule has 2 amide bonds. The van der Waals surface area contributed by atoms with Crippen LogP contribution in [0.25, 0.3) is 0 Å². The summed E-state index contributed by atoms with van der Waals surface area (Å²) in [4.78, 5) is 40.4. The van der Waals surface area contributed by atoms with Crippen LogP contribution in [-0.2, 0) is 38.6 Å². The number of benzene rings is 4. The van der Waals surface area contributed by atoms with E-state index < -0.39 is 18.1 Å². The first-order valence-corrected chi connectivity index (χ1v) is 17.8. The van der Waals surface area contributed by atoms with Crippen molar-refractivity contribution in [1.82, 2.24) is 10.6 Å². The first-order chi connectivity index (χ1) is 25.0. The third-order valence-corrected chi connectivity index (χ3v) is 9.10. The van der Waals surface area contributed by atoms with Gasteiger partial charge in [0.15, 0.2) is 0 Å². The van der Waals surface area contributed by atoms with Crippen molar-refractivity contribution >= 4 is 17.8 Å². The number of cyclic esters (lactones) is 1. The lowest BCUT2D eigenvalue weighted by atomic mass is 9.93. The van der Waals surface area contributed by atoms with Gasteiger partial charge in [0.25, 0.3) is 0 Å². The zero-order valence-corrected chi connectivity index (χ0v) is 29.0. The summed E-state index contributed by atoms with van der Waals surface area (Å²) in [5.41, 5.74) is 3.88. The molecule has 0 aliphatic carbocycles. The maximum absolute atomic E-state index is 13.6. The Labute approximate surface area is 300 Å². The largest absolute Gasteiger partial charge is 0.489 e. The molecule has 0 saturated carbocycles. The number of carbonyl (C=O) groups is 3. The quantitative estimate of drug-likeness (QED) is 0.113. The summed E-state index contributed by atoms with van der Waals surface area (Å²) >= 11 is 0. The summed E-state index contributed by atoms with van der Waals surface area (Å²) in [5.74, 6) is -1.12.